The van der Waals surface area contributed by atoms with E-state index in [1.165, 1.54) is 13.3 Å². The van der Waals surface area contributed by atoms with E-state index in [1.54, 1.807) is 42.5 Å². The highest BCUT2D eigenvalue weighted by molar-refractivity contribution is 9.10. The number of hydrazone groups is 1. The molecule has 0 unspecified atom stereocenters. The Hall–Kier alpha value is -3.26. The van der Waals surface area contributed by atoms with E-state index in [4.69, 9.17) is 32.7 Å². The van der Waals surface area contributed by atoms with Crippen LogP contribution in [0.3, 0.4) is 0 Å². The van der Waals surface area contributed by atoms with E-state index in [2.05, 4.69) is 26.5 Å². The van der Waals surface area contributed by atoms with Gasteiger partial charge in [0.2, 0.25) is 0 Å². The molecule has 178 valence electrons. The van der Waals surface area contributed by atoms with Gasteiger partial charge in [-0.2, -0.15) is 5.10 Å². The number of benzene rings is 4. The van der Waals surface area contributed by atoms with Crippen molar-refractivity contribution in [2.24, 2.45) is 5.10 Å². The summed E-state index contributed by atoms with van der Waals surface area (Å²) in [7, 11) is 1.52. The second kappa shape index (κ2) is 11.0. The second-order valence-corrected chi connectivity index (χ2v) is 9.17. The van der Waals surface area contributed by atoms with Crippen molar-refractivity contribution in [1.29, 1.82) is 0 Å². The molecular weight excluding hydrogens is 555 g/mol. The van der Waals surface area contributed by atoms with Gasteiger partial charge < -0.3 is 14.6 Å². The van der Waals surface area contributed by atoms with Gasteiger partial charge in [0.1, 0.15) is 12.4 Å². The fourth-order valence-corrected chi connectivity index (χ4v) is 4.42. The number of halogens is 3. The number of rotatable bonds is 7. The lowest BCUT2D eigenvalue weighted by Gasteiger charge is -2.14. The highest BCUT2D eigenvalue weighted by Crippen LogP contribution is 2.37. The first kappa shape index (κ1) is 24.9. The molecule has 2 N–H and O–H groups in total. The molecule has 4 rings (SSSR count). The van der Waals surface area contributed by atoms with Gasteiger partial charge in [0.15, 0.2) is 11.5 Å². The number of nitrogens with zero attached hydrogens (tertiary/aromatic N) is 1. The van der Waals surface area contributed by atoms with Gasteiger partial charge in [0.25, 0.3) is 5.91 Å². The Labute approximate surface area is 220 Å². The number of ether oxygens (including phenoxy) is 2. The maximum atomic E-state index is 12.6. The van der Waals surface area contributed by atoms with Gasteiger partial charge in [-0.15, -0.1) is 0 Å². The molecule has 0 spiro atoms. The molecule has 1 amide bonds. The predicted molar refractivity (Wildman–Crippen MR) is 142 cm³/mol. The van der Waals surface area contributed by atoms with Crippen LogP contribution in [0.25, 0.3) is 10.8 Å². The SMILES string of the molecule is COc1cc(/C=N\NC(=O)c2cc3ccccc3cc2O)cc(Br)c1OCc1ccc(Cl)cc1Cl. The Morgan fingerprint density at radius 3 is 2.54 bits per heavy atom. The summed E-state index contributed by atoms with van der Waals surface area (Å²) >= 11 is 15.7. The van der Waals surface area contributed by atoms with E-state index in [-0.39, 0.29) is 17.9 Å². The van der Waals surface area contributed by atoms with Crippen LogP contribution in [0.1, 0.15) is 21.5 Å². The average molecular weight is 574 g/mol. The summed E-state index contributed by atoms with van der Waals surface area (Å²) in [4.78, 5) is 12.6. The summed E-state index contributed by atoms with van der Waals surface area (Å²) in [5.74, 6) is 0.295. The van der Waals surface area contributed by atoms with E-state index >= 15 is 0 Å². The van der Waals surface area contributed by atoms with Crippen LogP contribution in [-0.2, 0) is 6.61 Å². The number of hydrogen-bond acceptors (Lipinski definition) is 5. The second-order valence-electron chi connectivity index (χ2n) is 7.47. The maximum absolute atomic E-state index is 12.6. The van der Waals surface area contributed by atoms with Crippen LogP contribution < -0.4 is 14.9 Å². The molecule has 0 saturated heterocycles. The summed E-state index contributed by atoms with van der Waals surface area (Å²) in [5.41, 5.74) is 3.99. The van der Waals surface area contributed by atoms with E-state index in [1.807, 2.05) is 24.3 Å². The number of phenolic OH excluding ortho intramolecular Hbond substituents is 1. The minimum atomic E-state index is -0.532. The molecule has 9 heteroatoms. The maximum Gasteiger partial charge on any atom is 0.275 e. The summed E-state index contributed by atoms with van der Waals surface area (Å²) in [6, 6.07) is 19.3. The van der Waals surface area contributed by atoms with Gasteiger partial charge in [-0.05, 0) is 68.7 Å². The zero-order valence-corrected chi connectivity index (χ0v) is 21.5. The molecule has 0 bridgehead atoms. The molecular formula is C26H19BrCl2N2O4. The van der Waals surface area contributed by atoms with E-state index in [9.17, 15) is 9.90 Å². The summed E-state index contributed by atoms with van der Waals surface area (Å²) < 4.78 is 12.0. The molecule has 4 aromatic rings. The zero-order chi connectivity index (χ0) is 24.9. The molecule has 0 aliphatic heterocycles. The summed E-state index contributed by atoms with van der Waals surface area (Å²) in [6.45, 7) is 0.212. The van der Waals surface area contributed by atoms with Crippen molar-refractivity contribution in [1.82, 2.24) is 5.43 Å². The molecule has 0 aliphatic rings. The Morgan fingerprint density at radius 2 is 1.83 bits per heavy atom. The monoisotopic (exact) mass is 572 g/mol. The van der Waals surface area contributed by atoms with Gasteiger partial charge in [0.05, 0.1) is 23.4 Å². The number of carbonyl (C=O) groups is 1. The number of carbonyl (C=O) groups excluding carboxylic acids is 1. The quantitative estimate of drug-likeness (QED) is 0.185. The highest BCUT2D eigenvalue weighted by Gasteiger charge is 2.14. The molecule has 6 nitrogen and oxygen atoms in total. The topological polar surface area (TPSA) is 80.2 Å². The molecule has 0 heterocycles. The molecule has 0 aromatic heterocycles. The van der Waals surface area contributed by atoms with Crippen LogP contribution in [0.15, 0.2) is 76.3 Å². The van der Waals surface area contributed by atoms with Crippen molar-refractivity contribution < 1.29 is 19.4 Å². The number of fused-ring (bicyclic) bond motifs is 1. The van der Waals surface area contributed by atoms with Gasteiger partial charge in [0, 0.05) is 15.6 Å². The van der Waals surface area contributed by atoms with Crippen molar-refractivity contribution in [3.63, 3.8) is 0 Å². The fourth-order valence-electron chi connectivity index (χ4n) is 3.38. The summed E-state index contributed by atoms with van der Waals surface area (Å²) in [6.07, 6.45) is 1.46. The summed E-state index contributed by atoms with van der Waals surface area (Å²) in [5, 5.41) is 17.0. The third-order valence-corrected chi connectivity index (χ3v) is 6.30. The third kappa shape index (κ3) is 5.88. The largest absolute Gasteiger partial charge is 0.507 e. The van der Waals surface area contributed by atoms with Crippen LogP contribution in [-0.4, -0.2) is 24.3 Å². The lowest BCUT2D eigenvalue weighted by molar-refractivity contribution is 0.0952. The van der Waals surface area contributed by atoms with Gasteiger partial charge in [-0.3, -0.25) is 4.79 Å². The van der Waals surface area contributed by atoms with Crippen molar-refractivity contribution in [2.45, 2.75) is 6.61 Å². The molecule has 0 saturated carbocycles. The predicted octanol–water partition coefficient (Wildman–Crippen LogP) is 6.97. The molecule has 0 fully saturated rings. The Morgan fingerprint density at radius 1 is 1.09 bits per heavy atom. The average Bonchev–Trinajstić information content (AvgIpc) is 2.83. The van der Waals surface area contributed by atoms with E-state index in [0.717, 1.165) is 16.3 Å². The minimum Gasteiger partial charge on any atom is -0.507 e. The van der Waals surface area contributed by atoms with Gasteiger partial charge >= 0.3 is 0 Å². The highest BCUT2D eigenvalue weighted by atomic mass is 79.9. The van der Waals surface area contributed by atoms with Gasteiger partial charge in [-0.25, -0.2) is 5.43 Å². The first-order chi connectivity index (χ1) is 16.9. The van der Waals surface area contributed by atoms with Crippen molar-refractivity contribution >= 4 is 62.0 Å². The van der Waals surface area contributed by atoms with Crippen LogP contribution in [0.4, 0.5) is 0 Å². The molecule has 0 aliphatic carbocycles. The Kier molecular flexibility index (Phi) is 7.80. The van der Waals surface area contributed by atoms with E-state index < -0.39 is 5.91 Å². The van der Waals surface area contributed by atoms with E-state index in [0.29, 0.717) is 31.6 Å². The Bertz CT molecular complexity index is 1440. The number of phenols is 1. The molecule has 4 aromatic carbocycles. The number of hydrogen-bond donors (Lipinski definition) is 2. The lowest BCUT2D eigenvalue weighted by Crippen LogP contribution is -2.17. The lowest BCUT2D eigenvalue weighted by atomic mass is 10.1. The third-order valence-electron chi connectivity index (χ3n) is 5.13. The van der Waals surface area contributed by atoms with Crippen LogP contribution in [0.5, 0.6) is 17.2 Å². The zero-order valence-electron chi connectivity index (χ0n) is 18.4. The Balaban J connectivity index is 1.47. The number of aromatic hydroxyl groups is 1. The van der Waals surface area contributed by atoms with Crippen LogP contribution in [0, 0.1) is 0 Å². The molecule has 35 heavy (non-hydrogen) atoms. The molecule has 0 atom stereocenters. The number of methoxy groups -OCH3 is 1. The number of nitrogens with one attached hydrogen (secondary N) is 1. The van der Waals surface area contributed by atoms with Crippen molar-refractivity contribution in [3.8, 4) is 17.2 Å². The van der Waals surface area contributed by atoms with Crippen molar-refractivity contribution in [2.75, 3.05) is 7.11 Å². The van der Waals surface area contributed by atoms with Crippen LogP contribution in [0.2, 0.25) is 10.0 Å². The van der Waals surface area contributed by atoms with Gasteiger partial charge in [-0.1, -0.05) is 53.5 Å². The minimum absolute atomic E-state index is 0.122. The first-order valence-electron chi connectivity index (χ1n) is 10.3. The standard InChI is InChI=1S/C26H19BrCl2N2O4/c1-34-24-9-15(8-21(27)25(24)35-14-18-6-7-19(28)12-22(18)29)13-30-31-26(33)20-10-16-4-2-3-5-17(16)11-23(20)32/h2-13,32H,14H2,1H3,(H,31,33)/b30-13-. The molecule has 0 radical (unpaired) electrons. The van der Waals surface area contributed by atoms with Crippen molar-refractivity contribution in [3.05, 3.63) is 97.9 Å². The van der Waals surface area contributed by atoms with Crippen LogP contribution >= 0.6 is 39.1 Å². The normalized spacial score (nSPS) is 11.1. The fraction of sp³-hybridized carbons (Fsp3) is 0.0769. The number of amides is 1. The first-order valence-corrected chi connectivity index (χ1v) is 11.9. The smallest absolute Gasteiger partial charge is 0.275 e.